The van der Waals surface area contributed by atoms with Gasteiger partial charge >= 0.3 is 11.9 Å². The molecule has 2 aliphatic carbocycles. The number of benzene rings is 1. The number of ether oxygens (including phenoxy) is 1. The minimum atomic E-state index is -0.886. The zero-order valence-electron chi connectivity index (χ0n) is 13.5. The average molecular weight is 331 g/mol. The van der Waals surface area contributed by atoms with Crippen LogP contribution in [0.3, 0.4) is 0 Å². The number of aliphatic carboxylic acids is 1. The SMILES string of the molecule is CCOC(=O)c1cccc(NC(=O)[C@@H]2[C@H]3CC[C@@H](C3)[C@H]2C(=O)O)c1. The van der Waals surface area contributed by atoms with Crippen molar-refractivity contribution in [1.29, 1.82) is 0 Å². The van der Waals surface area contributed by atoms with Crippen LogP contribution >= 0.6 is 0 Å². The van der Waals surface area contributed by atoms with Crippen molar-refractivity contribution < 1.29 is 24.2 Å². The number of fused-ring (bicyclic) bond motifs is 2. The van der Waals surface area contributed by atoms with Crippen molar-refractivity contribution in [3.8, 4) is 0 Å². The van der Waals surface area contributed by atoms with Crippen LogP contribution in [0, 0.1) is 23.7 Å². The summed E-state index contributed by atoms with van der Waals surface area (Å²) in [7, 11) is 0. The topological polar surface area (TPSA) is 92.7 Å². The maximum Gasteiger partial charge on any atom is 0.338 e. The number of amides is 1. The van der Waals surface area contributed by atoms with Gasteiger partial charge in [-0.15, -0.1) is 0 Å². The lowest BCUT2D eigenvalue weighted by Crippen LogP contribution is -2.37. The van der Waals surface area contributed by atoms with E-state index in [1.165, 1.54) is 0 Å². The fourth-order valence-corrected chi connectivity index (χ4v) is 4.19. The number of esters is 1. The van der Waals surface area contributed by atoms with E-state index >= 15 is 0 Å². The van der Waals surface area contributed by atoms with Gasteiger partial charge in [-0.2, -0.15) is 0 Å². The highest BCUT2D eigenvalue weighted by Gasteiger charge is 2.53. The summed E-state index contributed by atoms with van der Waals surface area (Å²) in [6.07, 6.45) is 2.62. The smallest absolute Gasteiger partial charge is 0.338 e. The largest absolute Gasteiger partial charge is 0.481 e. The van der Waals surface area contributed by atoms with Crippen molar-refractivity contribution >= 4 is 23.5 Å². The van der Waals surface area contributed by atoms with Crippen molar-refractivity contribution in [3.63, 3.8) is 0 Å². The van der Waals surface area contributed by atoms with E-state index in [0.29, 0.717) is 11.3 Å². The van der Waals surface area contributed by atoms with E-state index in [1.807, 2.05) is 0 Å². The van der Waals surface area contributed by atoms with Gasteiger partial charge in [0.05, 0.1) is 24.0 Å². The summed E-state index contributed by atoms with van der Waals surface area (Å²) < 4.78 is 4.95. The number of carbonyl (C=O) groups excluding carboxylic acids is 2. The van der Waals surface area contributed by atoms with Crippen LogP contribution in [0.1, 0.15) is 36.5 Å². The molecule has 2 fully saturated rings. The minimum Gasteiger partial charge on any atom is -0.481 e. The molecule has 3 rings (SSSR count). The molecular formula is C18H21NO5. The molecule has 6 nitrogen and oxygen atoms in total. The molecule has 0 unspecified atom stereocenters. The predicted octanol–water partition coefficient (Wildman–Crippen LogP) is 2.55. The second-order valence-electron chi connectivity index (χ2n) is 6.51. The summed E-state index contributed by atoms with van der Waals surface area (Å²) >= 11 is 0. The molecule has 1 aromatic rings. The van der Waals surface area contributed by atoms with Gasteiger partial charge in [0.2, 0.25) is 5.91 Å². The fraction of sp³-hybridized carbons (Fsp3) is 0.500. The Labute approximate surface area is 140 Å². The summed E-state index contributed by atoms with van der Waals surface area (Å²) in [5.41, 5.74) is 0.842. The van der Waals surface area contributed by atoms with E-state index in [1.54, 1.807) is 31.2 Å². The molecule has 4 atom stereocenters. The quantitative estimate of drug-likeness (QED) is 0.809. The van der Waals surface area contributed by atoms with Gasteiger partial charge in [-0.25, -0.2) is 4.79 Å². The molecule has 0 aliphatic heterocycles. The third-order valence-corrected chi connectivity index (χ3v) is 5.15. The van der Waals surface area contributed by atoms with Crippen LogP contribution in [0.15, 0.2) is 24.3 Å². The lowest BCUT2D eigenvalue weighted by Gasteiger charge is -2.27. The normalized spacial score (nSPS) is 27.7. The number of hydrogen-bond donors (Lipinski definition) is 2. The van der Waals surface area contributed by atoms with Gasteiger partial charge in [-0.05, 0) is 56.2 Å². The number of anilines is 1. The van der Waals surface area contributed by atoms with Crippen LogP contribution in [0.2, 0.25) is 0 Å². The van der Waals surface area contributed by atoms with Crippen LogP contribution in [-0.4, -0.2) is 29.6 Å². The minimum absolute atomic E-state index is 0.106. The van der Waals surface area contributed by atoms with Gasteiger partial charge in [0.1, 0.15) is 0 Å². The van der Waals surface area contributed by atoms with Crippen LogP contribution in [0.4, 0.5) is 5.69 Å². The van der Waals surface area contributed by atoms with E-state index in [2.05, 4.69) is 5.32 Å². The average Bonchev–Trinajstić information content (AvgIpc) is 3.16. The van der Waals surface area contributed by atoms with Crippen LogP contribution in [-0.2, 0) is 14.3 Å². The Morgan fingerprint density at radius 2 is 1.92 bits per heavy atom. The maximum atomic E-state index is 12.6. The molecule has 1 aromatic carbocycles. The Balaban J connectivity index is 1.74. The number of nitrogens with one attached hydrogen (secondary N) is 1. The third kappa shape index (κ3) is 3.00. The first-order chi connectivity index (χ1) is 11.5. The number of hydrogen-bond acceptors (Lipinski definition) is 4. The van der Waals surface area contributed by atoms with Crippen molar-refractivity contribution in [2.75, 3.05) is 11.9 Å². The summed E-state index contributed by atoms with van der Waals surface area (Å²) in [6, 6.07) is 6.52. The highest BCUT2D eigenvalue weighted by Crippen LogP contribution is 2.52. The van der Waals surface area contributed by atoms with Crippen LogP contribution in [0.25, 0.3) is 0 Å². The Hall–Kier alpha value is -2.37. The van der Waals surface area contributed by atoms with Crippen LogP contribution < -0.4 is 5.32 Å². The molecular weight excluding hydrogens is 310 g/mol. The van der Waals surface area contributed by atoms with E-state index in [0.717, 1.165) is 19.3 Å². The molecule has 24 heavy (non-hydrogen) atoms. The van der Waals surface area contributed by atoms with Gasteiger partial charge in [0.25, 0.3) is 0 Å². The molecule has 2 N–H and O–H groups in total. The molecule has 2 bridgehead atoms. The lowest BCUT2D eigenvalue weighted by molar-refractivity contribution is -0.148. The highest BCUT2D eigenvalue weighted by atomic mass is 16.5. The monoisotopic (exact) mass is 331 g/mol. The molecule has 0 heterocycles. The van der Waals surface area contributed by atoms with Gasteiger partial charge in [0, 0.05) is 5.69 Å². The third-order valence-electron chi connectivity index (χ3n) is 5.15. The van der Waals surface area contributed by atoms with E-state index in [4.69, 9.17) is 4.74 Å². The summed E-state index contributed by atoms with van der Waals surface area (Å²) in [5, 5.41) is 12.2. The number of carboxylic acids is 1. The van der Waals surface area contributed by atoms with Crippen molar-refractivity contribution in [2.24, 2.45) is 23.7 Å². The van der Waals surface area contributed by atoms with Crippen molar-refractivity contribution in [3.05, 3.63) is 29.8 Å². The molecule has 2 aliphatic rings. The second-order valence-corrected chi connectivity index (χ2v) is 6.51. The van der Waals surface area contributed by atoms with Gasteiger partial charge in [0.15, 0.2) is 0 Å². The second kappa shape index (κ2) is 6.63. The number of rotatable bonds is 5. The molecule has 0 saturated heterocycles. The Morgan fingerprint density at radius 3 is 2.58 bits per heavy atom. The van der Waals surface area contributed by atoms with E-state index < -0.39 is 23.8 Å². The lowest BCUT2D eigenvalue weighted by atomic mass is 9.78. The maximum absolute atomic E-state index is 12.6. The van der Waals surface area contributed by atoms with Crippen LogP contribution in [0.5, 0.6) is 0 Å². The fourth-order valence-electron chi connectivity index (χ4n) is 4.19. The number of carboxylic acid groups (broad SMARTS) is 1. The van der Waals surface area contributed by atoms with Crippen molar-refractivity contribution in [2.45, 2.75) is 26.2 Å². The Bertz CT molecular complexity index is 671. The Morgan fingerprint density at radius 1 is 1.21 bits per heavy atom. The molecule has 2 saturated carbocycles. The first kappa shape index (κ1) is 16.5. The first-order valence-electron chi connectivity index (χ1n) is 8.32. The molecule has 0 spiro atoms. The van der Waals surface area contributed by atoms with Gasteiger partial charge < -0.3 is 15.2 Å². The van der Waals surface area contributed by atoms with Gasteiger partial charge in [-0.3, -0.25) is 9.59 Å². The molecule has 0 aromatic heterocycles. The molecule has 6 heteroatoms. The van der Waals surface area contributed by atoms with E-state index in [-0.39, 0.29) is 24.3 Å². The first-order valence-corrected chi connectivity index (χ1v) is 8.32. The zero-order valence-corrected chi connectivity index (χ0v) is 13.5. The Kier molecular flexibility index (Phi) is 4.55. The standard InChI is InChI=1S/C18H21NO5/c1-2-24-18(23)12-4-3-5-13(9-12)19-16(20)14-10-6-7-11(8-10)15(14)17(21)22/h3-5,9-11,14-15H,2,6-8H2,1H3,(H,19,20)(H,21,22)/t10-,11-,14+,15+/m0/s1. The van der Waals surface area contributed by atoms with Gasteiger partial charge in [-0.1, -0.05) is 6.07 Å². The zero-order chi connectivity index (χ0) is 17.3. The van der Waals surface area contributed by atoms with E-state index in [9.17, 15) is 19.5 Å². The summed E-state index contributed by atoms with van der Waals surface area (Å²) in [4.78, 5) is 35.9. The molecule has 128 valence electrons. The molecule has 0 radical (unpaired) electrons. The number of carbonyl (C=O) groups is 3. The highest BCUT2D eigenvalue weighted by molar-refractivity contribution is 5.97. The van der Waals surface area contributed by atoms with Crippen molar-refractivity contribution in [1.82, 2.24) is 0 Å². The molecule has 1 amide bonds. The predicted molar refractivity (Wildman–Crippen MR) is 86.5 cm³/mol. The summed E-state index contributed by atoms with van der Waals surface area (Å²) in [5.74, 6) is -2.45. The summed E-state index contributed by atoms with van der Waals surface area (Å²) in [6.45, 7) is 2.01.